The van der Waals surface area contributed by atoms with Gasteiger partial charge in [-0.05, 0) is 29.9 Å². The maximum absolute atomic E-state index is 5.86. The third-order valence-corrected chi connectivity index (χ3v) is 2.83. The molecule has 2 rings (SSSR count). The minimum atomic E-state index is 0. The molecular formula is C12H15KN4OS. The van der Waals surface area contributed by atoms with Crippen molar-refractivity contribution in [2.45, 2.75) is 6.42 Å². The van der Waals surface area contributed by atoms with Gasteiger partial charge in [0.1, 0.15) is 17.4 Å². The van der Waals surface area contributed by atoms with Crippen molar-refractivity contribution in [3.8, 4) is 5.75 Å². The van der Waals surface area contributed by atoms with Gasteiger partial charge in [0.05, 0.1) is 7.11 Å². The SMILES string of the molecule is COc1ccc(Cc2c(N)nc(=S)[nH]c2N)cc1.[H-].[K+]. The van der Waals surface area contributed by atoms with Gasteiger partial charge in [-0.25, -0.2) is 4.98 Å². The summed E-state index contributed by atoms with van der Waals surface area (Å²) in [6.45, 7) is 0. The Labute approximate surface area is 160 Å². The predicted molar refractivity (Wildman–Crippen MR) is 75.2 cm³/mol. The molecule has 7 heteroatoms. The molecule has 0 amide bonds. The van der Waals surface area contributed by atoms with Crippen LogP contribution in [0.25, 0.3) is 0 Å². The Bertz CT molecular complexity index is 592. The average molecular weight is 302 g/mol. The van der Waals surface area contributed by atoms with Gasteiger partial charge in [0.25, 0.3) is 0 Å². The molecule has 0 fully saturated rings. The van der Waals surface area contributed by atoms with E-state index in [1.807, 2.05) is 24.3 Å². The first kappa shape index (κ1) is 16.6. The van der Waals surface area contributed by atoms with Gasteiger partial charge in [-0.15, -0.1) is 0 Å². The van der Waals surface area contributed by atoms with E-state index in [2.05, 4.69) is 9.97 Å². The first-order valence-corrected chi connectivity index (χ1v) is 5.78. The monoisotopic (exact) mass is 302 g/mol. The molecule has 0 bridgehead atoms. The smallest absolute Gasteiger partial charge is 1.00 e. The topological polar surface area (TPSA) is 90.0 Å². The molecule has 1 aromatic carbocycles. The van der Waals surface area contributed by atoms with Gasteiger partial charge in [-0.2, -0.15) is 0 Å². The van der Waals surface area contributed by atoms with Gasteiger partial charge in [-0.1, -0.05) is 12.1 Å². The summed E-state index contributed by atoms with van der Waals surface area (Å²) in [7, 11) is 1.63. The van der Waals surface area contributed by atoms with Gasteiger partial charge in [0.15, 0.2) is 4.77 Å². The first-order valence-electron chi connectivity index (χ1n) is 5.37. The quantitative estimate of drug-likeness (QED) is 0.501. The van der Waals surface area contributed by atoms with Crippen molar-refractivity contribution >= 4 is 23.9 Å². The Morgan fingerprint density at radius 2 is 1.95 bits per heavy atom. The van der Waals surface area contributed by atoms with Gasteiger partial charge in [0, 0.05) is 12.0 Å². The summed E-state index contributed by atoms with van der Waals surface area (Å²) in [4.78, 5) is 6.80. The fourth-order valence-electron chi connectivity index (χ4n) is 1.67. The van der Waals surface area contributed by atoms with Crippen molar-refractivity contribution in [2.75, 3.05) is 18.6 Å². The summed E-state index contributed by atoms with van der Waals surface area (Å²) in [5.74, 6) is 1.64. The number of methoxy groups -OCH3 is 1. The molecule has 0 radical (unpaired) electrons. The zero-order valence-corrected chi connectivity index (χ0v) is 14.9. The number of hydrogen-bond donors (Lipinski definition) is 3. The van der Waals surface area contributed by atoms with Crippen LogP contribution in [-0.2, 0) is 6.42 Å². The molecule has 0 aliphatic rings. The van der Waals surface area contributed by atoms with Crippen LogP contribution in [0.4, 0.5) is 11.6 Å². The van der Waals surface area contributed by atoms with Gasteiger partial charge >= 0.3 is 51.4 Å². The summed E-state index contributed by atoms with van der Waals surface area (Å²) in [5, 5.41) is 0. The number of H-pyrrole nitrogens is 1. The molecule has 1 heterocycles. The van der Waals surface area contributed by atoms with E-state index >= 15 is 0 Å². The minimum Gasteiger partial charge on any atom is -1.00 e. The summed E-state index contributed by atoms with van der Waals surface area (Å²) in [5.41, 5.74) is 13.5. The number of ether oxygens (including phenoxy) is 1. The number of nitrogen functional groups attached to an aromatic ring is 2. The van der Waals surface area contributed by atoms with Gasteiger partial charge in [-0.3, -0.25) is 0 Å². The maximum Gasteiger partial charge on any atom is 1.00 e. The fourth-order valence-corrected chi connectivity index (χ4v) is 1.88. The minimum absolute atomic E-state index is 0. The Morgan fingerprint density at radius 3 is 2.47 bits per heavy atom. The van der Waals surface area contributed by atoms with Crippen molar-refractivity contribution in [2.24, 2.45) is 0 Å². The van der Waals surface area contributed by atoms with Crippen molar-refractivity contribution in [1.29, 1.82) is 0 Å². The zero-order chi connectivity index (χ0) is 13.1. The Morgan fingerprint density at radius 1 is 1.32 bits per heavy atom. The number of aromatic nitrogens is 2. The van der Waals surface area contributed by atoms with Crippen molar-refractivity contribution in [3.63, 3.8) is 0 Å². The number of nitrogens with two attached hydrogens (primary N) is 2. The molecule has 19 heavy (non-hydrogen) atoms. The second-order valence-electron chi connectivity index (χ2n) is 3.84. The van der Waals surface area contributed by atoms with E-state index in [1.54, 1.807) is 7.11 Å². The largest absolute Gasteiger partial charge is 1.00 e. The Balaban J connectivity index is 0.00000180. The number of rotatable bonds is 3. The summed E-state index contributed by atoms with van der Waals surface area (Å²) < 4.78 is 5.40. The zero-order valence-electron chi connectivity index (χ0n) is 11.9. The molecule has 0 saturated carbocycles. The third-order valence-electron chi connectivity index (χ3n) is 2.64. The van der Waals surface area contributed by atoms with E-state index in [0.29, 0.717) is 22.8 Å². The van der Waals surface area contributed by atoms with Crippen LogP contribution in [0.2, 0.25) is 0 Å². The van der Waals surface area contributed by atoms with E-state index in [1.165, 1.54) is 0 Å². The van der Waals surface area contributed by atoms with Crippen LogP contribution in [-0.4, -0.2) is 17.1 Å². The van der Waals surface area contributed by atoms with Crippen molar-refractivity contribution in [1.82, 2.24) is 9.97 Å². The van der Waals surface area contributed by atoms with E-state index in [-0.39, 0.29) is 52.8 Å². The summed E-state index contributed by atoms with van der Waals surface area (Å²) >= 11 is 4.90. The van der Waals surface area contributed by atoms with E-state index < -0.39 is 0 Å². The molecule has 0 atom stereocenters. The molecule has 2 aromatic rings. The number of nitrogens with zero attached hydrogens (tertiary/aromatic N) is 1. The second-order valence-corrected chi connectivity index (χ2v) is 4.23. The van der Waals surface area contributed by atoms with Crippen LogP contribution in [0, 0.1) is 4.77 Å². The van der Waals surface area contributed by atoms with Gasteiger partial charge < -0.3 is 22.6 Å². The molecule has 0 unspecified atom stereocenters. The van der Waals surface area contributed by atoms with Crippen LogP contribution >= 0.6 is 12.2 Å². The Kier molecular flexibility index (Phi) is 6.44. The van der Waals surface area contributed by atoms with Crippen molar-refractivity contribution < 1.29 is 57.5 Å². The molecule has 5 nitrogen and oxygen atoms in total. The molecule has 1 aromatic heterocycles. The maximum atomic E-state index is 5.86. The molecule has 0 saturated heterocycles. The number of aromatic amines is 1. The molecule has 0 spiro atoms. The van der Waals surface area contributed by atoms with E-state index in [0.717, 1.165) is 16.9 Å². The van der Waals surface area contributed by atoms with Crippen LogP contribution in [0.15, 0.2) is 24.3 Å². The van der Waals surface area contributed by atoms with E-state index in [9.17, 15) is 0 Å². The number of hydrogen-bond acceptors (Lipinski definition) is 5. The number of nitrogens with one attached hydrogen (secondary N) is 1. The molecule has 0 aliphatic carbocycles. The third kappa shape index (κ3) is 4.27. The standard InChI is InChI=1S/C12H14N4OS.K.H/c1-17-8-4-2-7(3-5-8)6-9-10(13)15-12(18)16-11(9)14;;/h2-5H,6H2,1H3,(H5,13,14,15,16,18);;/q;+1;-1. The second kappa shape index (κ2) is 7.37. The molecule has 0 aliphatic heterocycles. The van der Waals surface area contributed by atoms with Crippen LogP contribution < -0.4 is 67.6 Å². The van der Waals surface area contributed by atoms with Crippen molar-refractivity contribution in [3.05, 3.63) is 40.2 Å². The Hall–Kier alpha value is -0.444. The first-order chi connectivity index (χ1) is 8.60. The van der Waals surface area contributed by atoms with Crippen LogP contribution in [0.1, 0.15) is 12.6 Å². The summed E-state index contributed by atoms with van der Waals surface area (Å²) in [6.07, 6.45) is 0.598. The van der Waals surface area contributed by atoms with Gasteiger partial charge in [0.2, 0.25) is 0 Å². The molecular weight excluding hydrogens is 287 g/mol. The van der Waals surface area contributed by atoms with Crippen LogP contribution in [0.3, 0.4) is 0 Å². The normalized spacial score (nSPS) is 9.74. The molecule has 96 valence electrons. The predicted octanol–water partition coefficient (Wildman–Crippen LogP) is -0.981. The van der Waals surface area contributed by atoms with E-state index in [4.69, 9.17) is 28.4 Å². The summed E-state index contributed by atoms with van der Waals surface area (Å²) in [6, 6.07) is 7.69. The fraction of sp³-hybridized carbons (Fsp3) is 0.167. The average Bonchev–Trinajstić information content (AvgIpc) is 2.34. The molecule has 5 N–H and O–H groups in total. The number of anilines is 2. The van der Waals surface area contributed by atoms with Crippen LogP contribution in [0.5, 0.6) is 5.75 Å². The number of benzene rings is 1.